The molecular weight excluding hydrogens is 316 g/mol. The SMILES string of the molecule is O=C(Oc1cccc(Cl)c1Cl)c1ccc(F)c(F)c1F. The maximum Gasteiger partial charge on any atom is 0.346 e. The predicted molar refractivity (Wildman–Crippen MR) is 67.7 cm³/mol. The second-order valence-corrected chi connectivity index (χ2v) is 4.45. The molecule has 0 aromatic heterocycles. The lowest BCUT2D eigenvalue weighted by Crippen LogP contribution is -2.12. The second-order valence-electron chi connectivity index (χ2n) is 3.66. The molecule has 2 aromatic carbocycles. The van der Waals surface area contributed by atoms with Crippen LogP contribution in [-0.2, 0) is 0 Å². The van der Waals surface area contributed by atoms with Crippen LogP contribution in [0.3, 0.4) is 0 Å². The number of carbonyl (C=O) groups is 1. The first-order valence-corrected chi connectivity index (χ1v) is 5.97. The maximum absolute atomic E-state index is 13.4. The third kappa shape index (κ3) is 2.73. The number of rotatable bonds is 2. The van der Waals surface area contributed by atoms with Crippen LogP contribution in [0.5, 0.6) is 5.75 Å². The maximum atomic E-state index is 13.4. The van der Waals surface area contributed by atoms with Crippen LogP contribution in [0, 0.1) is 17.5 Å². The van der Waals surface area contributed by atoms with Gasteiger partial charge in [0.15, 0.2) is 23.2 Å². The topological polar surface area (TPSA) is 26.3 Å². The minimum Gasteiger partial charge on any atom is -0.421 e. The van der Waals surface area contributed by atoms with Gasteiger partial charge in [0.05, 0.1) is 10.6 Å². The number of esters is 1. The number of benzene rings is 2. The lowest BCUT2D eigenvalue weighted by atomic mass is 10.2. The van der Waals surface area contributed by atoms with Crippen LogP contribution in [0.4, 0.5) is 13.2 Å². The summed E-state index contributed by atoms with van der Waals surface area (Å²) < 4.78 is 44.0. The zero-order valence-electron chi connectivity index (χ0n) is 9.59. The van der Waals surface area contributed by atoms with E-state index < -0.39 is 29.0 Å². The first-order chi connectivity index (χ1) is 9.41. The van der Waals surface area contributed by atoms with E-state index in [4.69, 9.17) is 27.9 Å². The van der Waals surface area contributed by atoms with Crippen LogP contribution >= 0.6 is 23.2 Å². The predicted octanol–water partition coefficient (Wildman–Crippen LogP) is 4.63. The largest absolute Gasteiger partial charge is 0.421 e. The van der Waals surface area contributed by atoms with Crippen molar-refractivity contribution in [1.29, 1.82) is 0 Å². The Kier molecular flexibility index (Phi) is 4.20. The molecule has 0 aliphatic carbocycles. The highest BCUT2D eigenvalue weighted by Crippen LogP contribution is 2.32. The number of carbonyl (C=O) groups excluding carboxylic acids is 1. The quantitative estimate of drug-likeness (QED) is 0.458. The molecule has 0 atom stereocenters. The van der Waals surface area contributed by atoms with E-state index in [1.54, 1.807) is 0 Å². The van der Waals surface area contributed by atoms with Gasteiger partial charge >= 0.3 is 5.97 Å². The highest BCUT2D eigenvalue weighted by Gasteiger charge is 2.21. The summed E-state index contributed by atoms with van der Waals surface area (Å²) in [4.78, 5) is 11.7. The van der Waals surface area contributed by atoms with Crippen molar-refractivity contribution in [3.05, 3.63) is 63.4 Å². The van der Waals surface area contributed by atoms with E-state index in [9.17, 15) is 18.0 Å². The van der Waals surface area contributed by atoms with Gasteiger partial charge in [0.1, 0.15) is 5.02 Å². The van der Waals surface area contributed by atoms with Gasteiger partial charge in [0.25, 0.3) is 0 Å². The van der Waals surface area contributed by atoms with E-state index in [1.165, 1.54) is 18.2 Å². The van der Waals surface area contributed by atoms with Crippen molar-refractivity contribution in [3.63, 3.8) is 0 Å². The average molecular weight is 321 g/mol. The van der Waals surface area contributed by atoms with Gasteiger partial charge in [-0.05, 0) is 24.3 Å². The summed E-state index contributed by atoms with van der Waals surface area (Å²) in [5.41, 5.74) is -0.750. The molecule has 2 rings (SSSR count). The fourth-order valence-corrected chi connectivity index (χ4v) is 1.73. The van der Waals surface area contributed by atoms with Crippen molar-refractivity contribution in [2.75, 3.05) is 0 Å². The molecule has 0 amide bonds. The van der Waals surface area contributed by atoms with Crippen molar-refractivity contribution in [2.45, 2.75) is 0 Å². The van der Waals surface area contributed by atoms with E-state index in [-0.39, 0.29) is 15.8 Å². The molecule has 0 aliphatic heterocycles. The zero-order chi connectivity index (χ0) is 14.9. The molecule has 20 heavy (non-hydrogen) atoms. The molecule has 0 spiro atoms. The Bertz CT molecular complexity index is 690. The van der Waals surface area contributed by atoms with Gasteiger partial charge in [-0.15, -0.1) is 0 Å². The standard InChI is InChI=1S/C13H5Cl2F3O2/c14-7-2-1-3-9(10(7)15)20-13(19)6-4-5-8(16)12(18)11(6)17/h1-5H. The van der Waals surface area contributed by atoms with Crippen LogP contribution in [0.2, 0.25) is 10.0 Å². The number of hydrogen-bond acceptors (Lipinski definition) is 2. The molecule has 2 aromatic rings. The third-order valence-electron chi connectivity index (χ3n) is 2.37. The van der Waals surface area contributed by atoms with Crippen molar-refractivity contribution in [2.24, 2.45) is 0 Å². The van der Waals surface area contributed by atoms with Gasteiger partial charge < -0.3 is 4.74 Å². The van der Waals surface area contributed by atoms with E-state index in [0.29, 0.717) is 6.07 Å². The molecular formula is C13H5Cl2F3O2. The van der Waals surface area contributed by atoms with Gasteiger partial charge in [-0.1, -0.05) is 29.3 Å². The molecule has 0 N–H and O–H groups in total. The van der Waals surface area contributed by atoms with E-state index in [0.717, 1.165) is 6.07 Å². The fraction of sp³-hybridized carbons (Fsp3) is 0. The molecule has 0 heterocycles. The Hall–Kier alpha value is -1.72. The Morgan fingerprint density at radius 1 is 1.00 bits per heavy atom. The van der Waals surface area contributed by atoms with Crippen LogP contribution in [0.15, 0.2) is 30.3 Å². The third-order valence-corrected chi connectivity index (χ3v) is 3.18. The van der Waals surface area contributed by atoms with E-state index >= 15 is 0 Å². The summed E-state index contributed by atoms with van der Waals surface area (Å²) in [6, 6.07) is 5.63. The summed E-state index contributed by atoms with van der Waals surface area (Å²) in [5.74, 6) is -6.12. The van der Waals surface area contributed by atoms with Gasteiger partial charge in [0, 0.05) is 0 Å². The van der Waals surface area contributed by atoms with Gasteiger partial charge in [-0.2, -0.15) is 0 Å². The summed E-state index contributed by atoms with van der Waals surface area (Å²) in [6.07, 6.45) is 0. The first kappa shape index (κ1) is 14.7. The van der Waals surface area contributed by atoms with Crippen LogP contribution in [0.1, 0.15) is 10.4 Å². The van der Waals surface area contributed by atoms with Crippen molar-refractivity contribution < 1.29 is 22.7 Å². The second kappa shape index (κ2) is 5.73. The molecule has 0 saturated carbocycles. The van der Waals surface area contributed by atoms with Crippen molar-refractivity contribution in [3.8, 4) is 5.75 Å². The number of halogens is 5. The fourth-order valence-electron chi connectivity index (χ4n) is 1.40. The lowest BCUT2D eigenvalue weighted by molar-refractivity contribution is 0.0728. The Labute approximate surface area is 121 Å². The smallest absolute Gasteiger partial charge is 0.346 e. The summed E-state index contributed by atoms with van der Waals surface area (Å²) in [6.45, 7) is 0. The first-order valence-electron chi connectivity index (χ1n) is 5.21. The molecule has 0 aliphatic rings. The Balaban J connectivity index is 2.34. The molecule has 2 nitrogen and oxygen atoms in total. The van der Waals surface area contributed by atoms with Crippen LogP contribution in [0.25, 0.3) is 0 Å². The van der Waals surface area contributed by atoms with E-state index in [1.807, 2.05) is 0 Å². The van der Waals surface area contributed by atoms with E-state index in [2.05, 4.69) is 0 Å². The monoisotopic (exact) mass is 320 g/mol. The lowest BCUT2D eigenvalue weighted by Gasteiger charge is -2.08. The summed E-state index contributed by atoms with van der Waals surface area (Å²) in [5, 5.41) is 0.0771. The average Bonchev–Trinajstić information content (AvgIpc) is 2.41. The van der Waals surface area contributed by atoms with Crippen LogP contribution < -0.4 is 4.74 Å². The number of hydrogen-bond donors (Lipinski definition) is 0. The van der Waals surface area contributed by atoms with Gasteiger partial charge in [-0.25, -0.2) is 18.0 Å². The highest BCUT2D eigenvalue weighted by atomic mass is 35.5. The van der Waals surface area contributed by atoms with Gasteiger partial charge in [-0.3, -0.25) is 0 Å². The minimum absolute atomic E-state index is 0.0505. The molecule has 0 fully saturated rings. The highest BCUT2D eigenvalue weighted by molar-refractivity contribution is 6.43. The Morgan fingerprint density at radius 2 is 1.70 bits per heavy atom. The molecule has 0 radical (unpaired) electrons. The normalized spacial score (nSPS) is 10.4. The molecule has 0 saturated heterocycles. The molecule has 0 unspecified atom stereocenters. The number of ether oxygens (including phenoxy) is 1. The Morgan fingerprint density at radius 3 is 2.40 bits per heavy atom. The molecule has 7 heteroatoms. The van der Waals surface area contributed by atoms with Crippen molar-refractivity contribution in [1.82, 2.24) is 0 Å². The zero-order valence-corrected chi connectivity index (χ0v) is 11.1. The van der Waals surface area contributed by atoms with Gasteiger partial charge in [0.2, 0.25) is 0 Å². The summed E-state index contributed by atoms with van der Waals surface area (Å²) in [7, 11) is 0. The minimum atomic E-state index is -1.75. The van der Waals surface area contributed by atoms with Crippen molar-refractivity contribution >= 4 is 29.2 Å². The van der Waals surface area contributed by atoms with Crippen LogP contribution in [-0.4, -0.2) is 5.97 Å². The molecule has 0 bridgehead atoms. The molecule has 104 valence electrons. The summed E-state index contributed by atoms with van der Waals surface area (Å²) >= 11 is 11.5.